The molecule has 3 N–H and O–H groups in total. The van der Waals surface area contributed by atoms with Crippen LogP contribution >= 0.6 is 0 Å². The van der Waals surface area contributed by atoms with E-state index in [0.29, 0.717) is 37.6 Å². The van der Waals surface area contributed by atoms with Gasteiger partial charge >= 0.3 is 6.18 Å². The molecule has 1 fully saturated rings. The summed E-state index contributed by atoms with van der Waals surface area (Å²) < 4.78 is 49.0. The summed E-state index contributed by atoms with van der Waals surface area (Å²) in [5.74, 6) is -0.516. The number of amides is 1. The number of hydrogen-bond acceptors (Lipinski definition) is 7. The maximum atomic E-state index is 14.0. The highest BCUT2D eigenvalue weighted by molar-refractivity contribution is 6.05. The topological polar surface area (TPSA) is 86.7 Å². The number of rotatable bonds is 9. The van der Waals surface area contributed by atoms with Gasteiger partial charge in [0.1, 0.15) is 0 Å². The summed E-state index contributed by atoms with van der Waals surface area (Å²) in [4.78, 5) is 15.1. The van der Waals surface area contributed by atoms with Crippen LogP contribution in [0.5, 0.6) is 0 Å². The van der Waals surface area contributed by atoms with Gasteiger partial charge in [0.2, 0.25) is 0 Å². The van der Waals surface area contributed by atoms with Crippen LogP contribution in [0.4, 0.5) is 24.5 Å². The lowest BCUT2D eigenvalue weighted by Gasteiger charge is -2.28. The Kier molecular flexibility index (Phi) is 9.36. The molecule has 0 atom stereocenters. The van der Waals surface area contributed by atoms with Crippen LogP contribution in [-0.4, -0.2) is 61.0 Å². The lowest BCUT2D eigenvalue weighted by atomic mass is 10.0. The Bertz CT molecular complexity index is 1410. The maximum absolute atomic E-state index is 14.0. The number of carbonyl (C=O) groups excluding carboxylic acids is 1. The average molecular weight is 572 g/mol. The first-order chi connectivity index (χ1) is 19.5. The second kappa shape index (κ2) is 12.8. The van der Waals surface area contributed by atoms with Crippen LogP contribution < -0.4 is 21.1 Å². The largest absolute Gasteiger partial charge is 0.416 e. The van der Waals surface area contributed by atoms with Crippen LogP contribution in [0.2, 0.25) is 0 Å². The Morgan fingerprint density at radius 2 is 1.85 bits per heavy atom. The molecule has 0 bridgehead atoms. The highest BCUT2D eigenvalue weighted by Gasteiger charge is 2.34. The minimum atomic E-state index is -4.56. The van der Waals surface area contributed by atoms with Gasteiger partial charge in [-0.3, -0.25) is 19.4 Å². The van der Waals surface area contributed by atoms with Gasteiger partial charge in [-0.2, -0.15) is 18.3 Å². The molecular weight excluding hydrogens is 535 g/mol. The molecule has 0 spiro atoms. The van der Waals surface area contributed by atoms with Gasteiger partial charge in [-0.05, 0) is 49.2 Å². The first-order valence-corrected chi connectivity index (χ1v) is 13.3. The number of ether oxygens (including phenoxy) is 1. The number of carbonyl (C=O) groups is 1. The fourth-order valence-electron chi connectivity index (χ4n) is 4.69. The third-order valence-electron chi connectivity index (χ3n) is 7.20. The normalized spacial score (nSPS) is 14.7. The van der Waals surface area contributed by atoms with Crippen LogP contribution in [-0.2, 0) is 24.5 Å². The van der Waals surface area contributed by atoms with E-state index < -0.39 is 17.6 Å². The second-order valence-electron chi connectivity index (χ2n) is 9.87. The Balaban J connectivity index is 1.58. The maximum Gasteiger partial charge on any atom is 0.416 e. The molecule has 41 heavy (non-hydrogen) atoms. The Morgan fingerprint density at radius 3 is 2.46 bits per heavy atom. The summed E-state index contributed by atoms with van der Waals surface area (Å²) in [5, 5.41) is 11.9. The van der Waals surface area contributed by atoms with E-state index in [1.165, 1.54) is 12.1 Å². The van der Waals surface area contributed by atoms with Crippen molar-refractivity contribution in [3.05, 3.63) is 82.3 Å². The number of halogens is 3. The van der Waals surface area contributed by atoms with Gasteiger partial charge in [0.15, 0.2) is 0 Å². The van der Waals surface area contributed by atoms with Gasteiger partial charge in [0, 0.05) is 69.5 Å². The smallest absolute Gasteiger partial charge is 0.386 e. The molecule has 0 unspecified atom stereocenters. The van der Waals surface area contributed by atoms with Crippen molar-refractivity contribution >= 4 is 23.0 Å². The summed E-state index contributed by atoms with van der Waals surface area (Å²) in [5.41, 5.74) is 7.17. The first kappa shape index (κ1) is 30.1. The molecule has 12 heteroatoms. The van der Waals surface area contributed by atoms with Crippen molar-refractivity contribution in [1.29, 1.82) is 0 Å². The summed E-state index contributed by atoms with van der Waals surface area (Å²) in [6.07, 6.45) is -0.933. The van der Waals surface area contributed by atoms with Crippen LogP contribution in [0.15, 0.2) is 48.8 Å². The van der Waals surface area contributed by atoms with E-state index >= 15 is 0 Å². The number of alkyl halides is 3. The van der Waals surface area contributed by atoms with Crippen molar-refractivity contribution in [2.45, 2.75) is 26.6 Å². The van der Waals surface area contributed by atoms with E-state index in [0.717, 1.165) is 28.6 Å². The zero-order valence-corrected chi connectivity index (χ0v) is 23.9. The molecule has 2 aromatic carbocycles. The van der Waals surface area contributed by atoms with E-state index in [1.807, 2.05) is 39.0 Å². The molecule has 1 aliphatic heterocycles. The van der Waals surface area contributed by atoms with Crippen molar-refractivity contribution in [3.63, 3.8) is 0 Å². The van der Waals surface area contributed by atoms with E-state index in [4.69, 9.17) is 4.74 Å². The molecule has 4 rings (SSSR count). The molecule has 0 saturated carbocycles. The quantitative estimate of drug-likeness (QED) is 0.330. The summed E-state index contributed by atoms with van der Waals surface area (Å²) >= 11 is 0. The number of morpholine rings is 1. The van der Waals surface area contributed by atoms with Gasteiger partial charge in [0.25, 0.3) is 5.91 Å². The molecule has 9 nitrogen and oxygen atoms in total. The molecule has 0 radical (unpaired) electrons. The monoisotopic (exact) mass is 571 g/mol. The van der Waals surface area contributed by atoms with Crippen molar-refractivity contribution in [2.24, 2.45) is 7.05 Å². The zero-order chi connectivity index (χ0) is 29.7. The van der Waals surface area contributed by atoms with Gasteiger partial charge in [-0.25, -0.2) is 5.43 Å². The zero-order valence-electron chi connectivity index (χ0n) is 23.9. The molecule has 220 valence electrons. The van der Waals surface area contributed by atoms with Gasteiger partial charge in [0.05, 0.1) is 36.4 Å². The number of aromatic nitrogens is 2. The van der Waals surface area contributed by atoms with Gasteiger partial charge < -0.3 is 15.4 Å². The van der Waals surface area contributed by atoms with E-state index in [2.05, 4.69) is 21.2 Å². The third kappa shape index (κ3) is 7.07. The molecule has 1 amide bonds. The van der Waals surface area contributed by atoms with E-state index in [9.17, 15) is 18.0 Å². The summed E-state index contributed by atoms with van der Waals surface area (Å²) in [6, 6.07) is 9.08. The molecular formula is C29H36F3N7O2. The number of hydrogen-bond donors (Lipinski definition) is 3. The summed E-state index contributed by atoms with van der Waals surface area (Å²) in [7, 11) is 5.43. The highest BCUT2D eigenvalue weighted by atomic mass is 19.4. The molecule has 1 aromatic heterocycles. The number of nitrogens with zero attached hydrogens (tertiary/aromatic N) is 4. The molecule has 2 heterocycles. The average Bonchev–Trinajstić information content (AvgIpc) is 3.28. The van der Waals surface area contributed by atoms with Gasteiger partial charge in [-0.15, -0.1) is 0 Å². The number of nitrogens with one attached hydrogen (secondary N) is 3. The van der Waals surface area contributed by atoms with Crippen LogP contribution in [0.1, 0.15) is 38.3 Å². The number of anilines is 2. The number of aryl methyl sites for hydroxylation is 2. The predicted molar refractivity (Wildman–Crippen MR) is 153 cm³/mol. The standard InChI is InChI=1S/C29H36F3N7O2/c1-19-6-7-21(14-27(19)39(34-4)18-26(33-3)24-16-35-37(5)20(24)2)28(40)36-23-9-8-22(25(15-23)29(30,31)32)17-38-10-12-41-13-11-38/h6-9,14-16,18,33-34H,10-13,17H2,1-5H3,(H,36,40)/b26-18-. The predicted octanol–water partition coefficient (Wildman–Crippen LogP) is 4.30. The SMILES string of the molecule is CN/C(=C\N(NC)c1cc(C(=O)Nc2ccc(CN3CCOCC3)c(C(F)(F)F)c2)ccc1C)c1cnn(C)c1C. The van der Waals surface area contributed by atoms with E-state index in [1.54, 1.807) is 41.1 Å². The first-order valence-electron chi connectivity index (χ1n) is 13.3. The second-order valence-corrected chi connectivity index (χ2v) is 9.87. The van der Waals surface area contributed by atoms with Crippen LogP contribution in [0.25, 0.3) is 5.70 Å². The van der Waals surface area contributed by atoms with E-state index in [-0.39, 0.29) is 17.8 Å². The fourth-order valence-corrected chi connectivity index (χ4v) is 4.69. The molecule has 0 aliphatic carbocycles. The fraction of sp³-hybridized carbons (Fsp3) is 0.379. The van der Waals surface area contributed by atoms with Crippen LogP contribution in [0.3, 0.4) is 0 Å². The van der Waals surface area contributed by atoms with Crippen molar-refractivity contribution < 1.29 is 22.7 Å². The molecule has 1 saturated heterocycles. The minimum Gasteiger partial charge on any atom is -0.386 e. The van der Waals surface area contributed by atoms with Crippen LogP contribution in [0, 0.1) is 13.8 Å². The third-order valence-corrected chi connectivity index (χ3v) is 7.20. The number of benzene rings is 2. The molecule has 1 aliphatic rings. The van der Waals surface area contributed by atoms with Crippen molar-refractivity contribution in [1.82, 2.24) is 25.4 Å². The van der Waals surface area contributed by atoms with Crippen molar-refractivity contribution in [3.8, 4) is 0 Å². The Hall–Kier alpha value is -3.87. The Morgan fingerprint density at radius 1 is 1.12 bits per heavy atom. The van der Waals surface area contributed by atoms with Crippen molar-refractivity contribution in [2.75, 3.05) is 50.7 Å². The van der Waals surface area contributed by atoms with Gasteiger partial charge in [-0.1, -0.05) is 12.1 Å². The highest BCUT2D eigenvalue weighted by Crippen LogP contribution is 2.35. The lowest BCUT2D eigenvalue weighted by Crippen LogP contribution is -2.36. The molecule has 3 aromatic rings. The number of hydrazine groups is 1. The Labute approximate surface area is 237 Å². The summed E-state index contributed by atoms with van der Waals surface area (Å²) in [6.45, 7) is 6.17. The minimum absolute atomic E-state index is 0.0741. The lowest BCUT2D eigenvalue weighted by molar-refractivity contribution is -0.138.